The molecule has 2 rings (SSSR count). The molecule has 0 saturated heterocycles. The van der Waals surface area contributed by atoms with Crippen molar-refractivity contribution >= 4 is 10.0 Å². The lowest BCUT2D eigenvalue weighted by atomic mass is 10.4. The van der Waals surface area contributed by atoms with Crippen molar-refractivity contribution in [2.45, 2.75) is 24.8 Å². The molecular weight excluding hydrogens is 214 g/mol. The van der Waals surface area contributed by atoms with Crippen LogP contribution in [0, 0.1) is 12.8 Å². The van der Waals surface area contributed by atoms with Gasteiger partial charge in [0.15, 0.2) is 5.03 Å². The molecule has 0 amide bonds. The van der Waals surface area contributed by atoms with Crippen LogP contribution in [-0.2, 0) is 10.0 Å². The second kappa shape index (κ2) is 3.61. The van der Waals surface area contributed by atoms with E-state index < -0.39 is 10.0 Å². The number of hydrogen-bond acceptors (Lipinski definition) is 3. The van der Waals surface area contributed by atoms with Crippen molar-refractivity contribution in [1.29, 1.82) is 0 Å². The number of nitrogens with one attached hydrogen (secondary N) is 1. The smallest absolute Gasteiger partial charge is 0.259 e. The molecule has 6 heteroatoms. The number of imidazole rings is 1. The minimum atomic E-state index is -3.36. The molecule has 0 radical (unpaired) electrons. The van der Waals surface area contributed by atoms with Gasteiger partial charge in [0.2, 0.25) is 0 Å². The van der Waals surface area contributed by atoms with Gasteiger partial charge in [-0.2, -0.15) is 4.31 Å². The molecule has 0 bridgehead atoms. The maximum Gasteiger partial charge on any atom is 0.259 e. The molecular formula is C9H15N3O2S. The van der Waals surface area contributed by atoms with E-state index >= 15 is 0 Å². The lowest BCUT2D eigenvalue weighted by Crippen LogP contribution is -2.29. The Balaban J connectivity index is 2.17. The summed E-state index contributed by atoms with van der Waals surface area (Å²) >= 11 is 0. The summed E-state index contributed by atoms with van der Waals surface area (Å²) in [5.41, 5.74) is 0. The summed E-state index contributed by atoms with van der Waals surface area (Å²) in [6.07, 6.45) is 3.65. The highest BCUT2D eigenvalue weighted by Crippen LogP contribution is 2.30. The molecule has 1 N–H and O–H groups in total. The standard InChI is InChI=1S/C9H15N3O2S/c1-7-10-5-9(11-7)15(13,14)12(2)6-8-3-4-8/h5,8H,3-4,6H2,1-2H3,(H,10,11). The predicted octanol–water partition coefficient (Wildman–Crippen LogP) is 0.749. The summed E-state index contributed by atoms with van der Waals surface area (Å²) in [6, 6.07) is 0. The number of nitrogens with zero attached hydrogens (tertiary/aromatic N) is 2. The van der Waals surface area contributed by atoms with Gasteiger partial charge >= 0.3 is 0 Å². The van der Waals surface area contributed by atoms with Gasteiger partial charge in [-0.15, -0.1) is 0 Å². The van der Waals surface area contributed by atoms with Gasteiger partial charge in [-0.05, 0) is 25.7 Å². The molecule has 0 aromatic carbocycles. The maximum atomic E-state index is 12.0. The average Bonchev–Trinajstić information content (AvgIpc) is 2.86. The van der Waals surface area contributed by atoms with E-state index in [0.29, 0.717) is 18.3 Å². The summed E-state index contributed by atoms with van der Waals surface area (Å²) in [5, 5.41) is 0.183. The van der Waals surface area contributed by atoms with Gasteiger partial charge in [-0.25, -0.2) is 13.4 Å². The molecule has 1 saturated carbocycles. The number of sulfonamides is 1. The topological polar surface area (TPSA) is 66.1 Å². The average molecular weight is 229 g/mol. The van der Waals surface area contributed by atoms with E-state index in [9.17, 15) is 8.42 Å². The van der Waals surface area contributed by atoms with Crippen LogP contribution >= 0.6 is 0 Å². The number of aromatic amines is 1. The molecule has 0 unspecified atom stereocenters. The molecule has 1 fully saturated rings. The van der Waals surface area contributed by atoms with E-state index in [1.807, 2.05) is 0 Å². The summed E-state index contributed by atoms with van der Waals surface area (Å²) in [4.78, 5) is 6.65. The lowest BCUT2D eigenvalue weighted by molar-refractivity contribution is 0.450. The Morgan fingerprint density at radius 1 is 1.60 bits per heavy atom. The van der Waals surface area contributed by atoms with Crippen LogP contribution in [0.4, 0.5) is 0 Å². The van der Waals surface area contributed by atoms with E-state index in [0.717, 1.165) is 12.8 Å². The minimum Gasteiger partial charge on any atom is -0.332 e. The Kier molecular flexibility index (Phi) is 2.56. The normalized spacial score (nSPS) is 17.3. The van der Waals surface area contributed by atoms with Crippen LogP contribution in [0.15, 0.2) is 11.2 Å². The van der Waals surface area contributed by atoms with Crippen LogP contribution in [0.2, 0.25) is 0 Å². The molecule has 0 atom stereocenters. The van der Waals surface area contributed by atoms with Crippen LogP contribution in [0.5, 0.6) is 0 Å². The zero-order chi connectivity index (χ0) is 11.1. The SMILES string of the molecule is Cc1ncc(S(=O)(=O)N(C)CC2CC2)[nH]1. The Labute approximate surface area is 89.6 Å². The summed E-state index contributed by atoms with van der Waals surface area (Å²) in [6.45, 7) is 2.35. The monoisotopic (exact) mass is 229 g/mol. The van der Waals surface area contributed by atoms with Crippen LogP contribution in [-0.4, -0.2) is 36.3 Å². The Morgan fingerprint density at radius 2 is 2.27 bits per heavy atom. The molecule has 1 aromatic rings. The molecule has 1 heterocycles. The number of H-pyrrole nitrogens is 1. The van der Waals surface area contributed by atoms with Crippen molar-refractivity contribution in [3.05, 3.63) is 12.0 Å². The quantitative estimate of drug-likeness (QED) is 0.828. The third-order valence-corrected chi connectivity index (χ3v) is 4.31. The third kappa shape index (κ3) is 2.21. The summed E-state index contributed by atoms with van der Waals surface area (Å²) in [5.74, 6) is 1.17. The number of aryl methyl sites for hydroxylation is 1. The Hall–Kier alpha value is -0.880. The van der Waals surface area contributed by atoms with Crippen LogP contribution in [0.1, 0.15) is 18.7 Å². The van der Waals surface area contributed by atoms with Crippen LogP contribution in [0.25, 0.3) is 0 Å². The molecule has 1 aliphatic rings. The fraction of sp³-hybridized carbons (Fsp3) is 0.667. The predicted molar refractivity (Wildman–Crippen MR) is 55.9 cm³/mol. The van der Waals surface area contributed by atoms with Gasteiger partial charge in [0, 0.05) is 13.6 Å². The van der Waals surface area contributed by atoms with E-state index in [2.05, 4.69) is 9.97 Å². The lowest BCUT2D eigenvalue weighted by Gasteiger charge is -2.14. The molecule has 0 aliphatic heterocycles. The first kappa shape index (κ1) is 10.6. The highest BCUT2D eigenvalue weighted by Gasteiger charge is 2.29. The minimum absolute atomic E-state index is 0.183. The van der Waals surface area contributed by atoms with Gasteiger partial charge in [-0.3, -0.25) is 0 Å². The number of hydrogen-bond donors (Lipinski definition) is 1. The Bertz CT molecular complexity index is 448. The zero-order valence-electron chi connectivity index (χ0n) is 8.90. The highest BCUT2D eigenvalue weighted by molar-refractivity contribution is 7.89. The van der Waals surface area contributed by atoms with Gasteiger partial charge in [0.1, 0.15) is 5.82 Å². The van der Waals surface area contributed by atoms with Crippen molar-refractivity contribution in [3.63, 3.8) is 0 Å². The van der Waals surface area contributed by atoms with Crippen molar-refractivity contribution in [2.75, 3.05) is 13.6 Å². The fourth-order valence-electron chi connectivity index (χ4n) is 1.46. The zero-order valence-corrected chi connectivity index (χ0v) is 9.71. The van der Waals surface area contributed by atoms with E-state index in [1.54, 1.807) is 14.0 Å². The second-order valence-corrected chi connectivity index (χ2v) is 6.08. The largest absolute Gasteiger partial charge is 0.332 e. The van der Waals surface area contributed by atoms with E-state index in [-0.39, 0.29) is 5.03 Å². The molecule has 15 heavy (non-hydrogen) atoms. The summed E-state index contributed by atoms with van der Waals surface area (Å²) in [7, 11) is -1.74. The molecule has 0 spiro atoms. The van der Waals surface area contributed by atoms with Crippen molar-refractivity contribution in [1.82, 2.24) is 14.3 Å². The van der Waals surface area contributed by atoms with Crippen molar-refractivity contribution < 1.29 is 8.42 Å². The fourth-order valence-corrected chi connectivity index (χ4v) is 2.66. The van der Waals surface area contributed by atoms with Crippen molar-refractivity contribution in [3.8, 4) is 0 Å². The molecule has 1 aromatic heterocycles. The van der Waals surface area contributed by atoms with Gasteiger partial charge in [0.25, 0.3) is 10.0 Å². The first-order chi connectivity index (χ1) is 7.00. The maximum absolute atomic E-state index is 12.0. The van der Waals surface area contributed by atoms with E-state index in [4.69, 9.17) is 0 Å². The Morgan fingerprint density at radius 3 is 2.73 bits per heavy atom. The molecule has 5 nitrogen and oxygen atoms in total. The van der Waals surface area contributed by atoms with Gasteiger partial charge in [-0.1, -0.05) is 0 Å². The third-order valence-electron chi connectivity index (χ3n) is 2.58. The molecule has 1 aliphatic carbocycles. The molecule has 84 valence electrons. The summed E-state index contributed by atoms with van der Waals surface area (Å²) < 4.78 is 25.3. The van der Waals surface area contributed by atoms with Gasteiger partial charge in [0.05, 0.1) is 6.20 Å². The van der Waals surface area contributed by atoms with E-state index in [1.165, 1.54) is 10.5 Å². The first-order valence-corrected chi connectivity index (χ1v) is 6.42. The first-order valence-electron chi connectivity index (χ1n) is 4.98. The van der Waals surface area contributed by atoms with Crippen molar-refractivity contribution in [2.24, 2.45) is 5.92 Å². The van der Waals surface area contributed by atoms with Crippen LogP contribution in [0.3, 0.4) is 0 Å². The highest BCUT2D eigenvalue weighted by atomic mass is 32.2. The van der Waals surface area contributed by atoms with Crippen LogP contribution < -0.4 is 0 Å². The number of rotatable bonds is 4. The van der Waals surface area contributed by atoms with Gasteiger partial charge < -0.3 is 4.98 Å². The second-order valence-electron chi connectivity index (χ2n) is 4.06. The number of aromatic nitrogens is 2.